The maximum Gasteiger partial charge on any atom is 0.141 e. The first-order chi connectivity index (χ1) is 8.22. The fraction of sp³-hybridized carbons (Fsp3) is 0.643. The van der Waals surface area contributed by atoms with E-state index in [1.54, 1.807) is 7.11 Å². The minimum absolute atomic E-state index is 0.283. The van der Waals surface area contributed by atoms with E-state index in [1.165, 1.54) is 6.42 Å². The highest BCUT2D eigenvalue weighted by Crippen LogP contribution is 2.28. The molecule has 0 fully saturated rings. The summed E-state index contributed by atoms with van der Waals surface area (Å²) in [5.74, 6) is 1.56. The van der Waals surface area contributed by atoms with Crippen LogP contribution in [-0.2, 0) is 0 Å². The summed E-state index contributed by atoms with van der Waals surface area (Å²) in [4.78, 5) is 4.47. The Morgan fingerprint density at radius 3 is 2.76 bits per heavy atom. The Labute approximate surface area is 105 Å². The number of ether oxygens (including phenoxy) is 1. The van der Waals surface area contributed by atoms with Crippen LogP contribution in [-0.4, -0.2) is 18.6 Å². The lowest BCUT2D eigenvalue weighted by Crippen LogP contribution is -2.24. The van der Waals surface area contributed by atoms with E-state index < -0.39 is 0 Å². The quantitative estimate of drug-likeness (QED) is 0.789. The number of methoxy groups -OCH3 is 1. The maximum absolute atomic E-state index is 5.39. The molecule has 96 valence electrons. The Balaban J connectivity index is 2.88. The summed E-state index contributed by atoms with van der Waals surface area (Å²) < 4.78 is 5.39. The molecule has 0 aromatic carbocycles. The second-order valence-corrected chi connectivity index (χ2v) is 4.45. The highest BCUT2D eigenvalue weighted by Gasteiger charge is 2.18. The Hall–Kier alpha value is -1.09. The molecule has 17 heavy (non-hydrogen) atoms. The van der Waals surface area contributed by atoms with Crippen molar-refractivity contribution in [2.75, 3.05) is 13.7 Å². The summed E-state index contributed by atoms with van der Waals surface area (Å²) in [5.41, 5.74) is 1.03. The zero-order valence-corrected chi connectivity index (χ0v) is 11.4. The molecule has 0 aliphatic rings. The Morgan fingerprint density at radius 2 is 2.18 bits per heavy atom. The molecular weight excluding hydrogens is 212 g/mol. The number of hydrogen-bond donors (Lipinski definition) is 1. The van der Waals surface area contributed by atoms with Crippen LogP contribution in [0.25, 0.3) is 0 Å². The number of nitrogens with zero attached hydrogens (tertiary/aromatic N) is 1. The molecule has 2 unspecified atom stereocenters. The van der Waals surface area contributed by atoms with Crippen molar-refractivity contribution < 1.29 is 4.74 Å². The van der Waals surface area contributed by atoms with E-state index in [0.29, 0.717) is 5.92 Å². The smallest absolute Gasteiger partial charge is 0.141 e. The standard InChI is InChI=1S/C14H24N2O/c1-5-11(3)10-12(15-6-2)14-13(17-4)8-7-9-16-14/h7-9,11-12,15H,5-6,10H2,1-4H3. The van der Waals surface area contributed by atoms with Gasteiger partial charge in [0.25, 0.3) is 0 Å². The van der Waals surface area contributed by atoms with Crippen LogP contribution in [0.1, 0.15) is 45.3 Å². The molecule has 1 aromatic heterocycles. The third-order valence-electron chi connectivity index (χ3n) is 3.14. The van der Waals surface area contributed by atoms with Crippen molar-refractivity contribution in [2.45, 2.75) is 39.7 Å². The SMILES string of the molecule is CCNC(CC(C)CC)c1ncccc1OC. The highest BCUT2D eigenvalue weighted by molar-refractivity contribution is 5.29. The lowest BCUT2D eigenvalue weighted by molar-refractivity contribution is 0.367. The predicted molar refractivity (Wildman–Crippen MR) is 71.3 cm³/mol. The van der Waals surface area contributed by atoms with Gasteiger partial charge in [0.05, 0.1) is 18.8 Å². The second-order valence-electron chi connectivity index (χ2n) is 4.45. The molecule has 0 amide bonds. The number of hydrogen-bond acceptors (Lipinski definition) is 3. The summed E-state index contributed by atoms with van der Waals surface area (Å²) in [6.45, 7) is 7.57. The van der Waals surface area contributed by atoms with E-state index >= 15 is 0 Å². The molecule has 1 rings (SSSR count). The Kier molecular flexibility index (Phi) is 5.98. The average Bonchev–Trinajstić information content (AvgIpc) is 2.38. The van der Waals surface area contributed by atoms with Crippen LogP contribution in [0, 0.1) is 5.92 Å². The van der Waals surface area contributed by atoms with Gasteiger partial charge in [0.15, 0.2) is 0 Å². The number of pyridine rings is 1. The van der Waals surface area contributed by atoms with Gasteiger partial charge in [-0.3, -0.25) is 4.98 Å². The number of aromatic nitrogens is 1. The fourth-order valence-electron chi connectivity index (χ4n) is 1.94. The van der Waals surface area contributed by atoms with Gasteiger partial charge in [-0.05, 0) is 31.0 Å². The summed E-state index contributed by atoms with van der Waals surface area (Å²) in [6.07, 6.45) is 4.12. The summed E-state index contributed by atoms with van der Waals surface area (Å²) in [7, 11) is 1.70. The molecule has 1 aromatic rings. The lowest BCUT2D eigenvalue weighted by Gasteiger charge is -2.22. The van der Waals surface area contributed by atoms with Crippen molar-refractivity contribution in [1.82, 2.24) is 10.3 Å². The van der Waals surface area contributed by atoms with Gasteiger partial charge in [-0.15, -0.1) is 0 Å². The average molecular weight is 236 g/mol. The van der Waals surface area contributed by atoms with E-state index in [4.69, 9.17) is 4.74 Å². The molecule has 3 nitrogen and oxygen atoms in total. The first-order valence-corrected chi connectivity index (χ1v) is 6.45. The van der Waals surface area contributed by atoms with E-state index in [1.807, 2.05) is 18.3 Å². The van der Waals surface area contributed by atoms with Crippen LogP contribution in [0.3, 0.4) is 0 Å². The molecule has 0 saturated carbocycles. The zero-order valence-electron chi connectivity index (χ0n) is 11.4. The minimum atomic E-state index is 0.283. The lowest BCUT2D eigenvalue weighted by atomic mass is 9.96. The van der Waals surface area contributed by atoms with Gasteiger partial charge < -0.3 is 10.1 Å². The van der Waals surface area contributed by atoms with Crippen molar-refractivity contribution in [3.63, 3.8) is 0 Å². The van der Waals surface area contributed by atoms with E-state index in [0.717, 1.165) is 24.4 Å². The van der Waals surface area contributed by atoms with Gasteiger partial charge in [-0.1, -0.05) is 27.2 Å². The van der Waals surface area contributed by atoms with Crippen LogP contribution in [0.4, 0.5) is 0 Å². The predicted octanol–water partition coefficient (Wildman–Crippen LogP) is 3.18. The molecular formula is C14H24N2O. The molecule has 0 radical (unpaired) electrons. The van der Waals surface area contributed by atoms with Crippen molar-refractivity contribution in [1.29, 1.82) is 0 Å². The normalized spacial score (nSPS) is 14.4. The van der Waals surface area contributed by atoms with Crippen molar-refractivity contribution in [2.24, 2.45) is 5.92 Å². The fourth-order valence-corrected chi connectivity index (χ4v) is 1.94. The molecule has 0 bridgehead atoms. The Morgan fingerprint density at radius 1 is 1.41 bits per heavy atom. The minimum Gasteiger partial charge on any atom is -0.495 e. The van der Waals surface area contributed by atoms with Crippen LogP contribution in [0.5, 0.6) is 5.75 Å². The third kappa shape index (κ3) is 4.00. The van der Waals surface area contributed by atoms with Gasteiger partial charge in [0.2, 0.25) is 0 Å². The molecule has 0 saturated heterocycles. The van der Waals surface area contributed by atoms with Gasteiger partial charge in [0, 0.05) is 6.20 Å². The van der Waals surface area contributed by atoms with Crippen LogP contribution in [0.2, 0.25) is 0 Å². The summed E-state index contributed by atoms with van der Waals surface area (Å²) in [6, 6.07) is 4.17. The van der Waals surface area contributed by atoms with Gasteiger partial charge in [0.1, 0.15) is 5.75 Å². The topological polar surface area (TPSA) is 34.2 Å². The number of rotatable bonds is 7. The molecule has 0 aliphatic heterocycles. The first-order valence-electron chi connectivity index (χ1n) is 6.45. The van der Waals surface area contributed by atoms with Crippen LogP contribution >= 0.6 is 0 Å². The highest BCUT2D eigenvalue weighted by atomic mass is 16.5. The van der Waals surface area contributed by atoms with Crippen molar-refractivity contribution in [3.05, 3.63) is 24.0 Å². The van der Waals surface area contributed by atoms with Crippen LogP contribution in [0.15, 0.2) is 18.3 Å². The van der Waals surface area contributed by atoms with Crippen LogP contribution < -0.4 is 10.1 Å². The second kappa shape index (κ2) is 7.28. The molecule has 1 N–H and O–H groups in total. The molecule has 0 spiro atoms. The van der Waals surface area contributed by atoms with E-state index in [2.05, 4.69) is 31.1 Å². The zero-order chi connectivity index (χ0) is 12.7. The maximum atomic E-state index is 5.39. The molecule has 1 heterocycles. The number of nitrogens with one attached hydrogen (secondary N) is 1. The van der Waals surface area contributed by atoms with E-state index in [9.17, 15) is 0 Å². The van der Waals surface area contributed by atoms with Gasteiger partial charge >= 0.3 is 0 Å². The van der Waals surface area contributed by atoms with Crippen molar-refractivity contribution in [3.8, 4) is 5.75 Å². The molecule has 3 heteroatoms. The monoisotopic (exact) mass is 236 g/mol. The summed E-state index contributed by atoms with van der Waals surface area (Å²) >= 11 is 0. The molecule has 2 atom stereocenters. The van der Waals surface area contributed by atoms with Crippen molar-refractivity contribution >= 4 is 0 Å². The Bertz CT molecular complexity index is 328. The first kappa shape index (κ1) is 14.0. The van der Waals surface area contributed by atoms with Gasteiger partial charge in [-0.2, -0.15) is 0 Å². The third-order valence-corrected chi connectivity index (χ3v) is 3.14. The largest absolute Gasteiger partial charge is 0.495 e. The van der Waals surface area contributed by atoms with Gasteiger partial charge in [-0.25, -0.2) is 0 Å². The van der Waals surface area contributed by atoms with E-state index in [-0.39, 0.29) is 6.04 Å². The summed E-state index contributed by atoms with van der Waals surface area (Å²) in [5, 5.41) is 3.50. The molecule has 0 aliphatic carbocycles.